The molecular weight excluding hydrogens is 346 g/mol. The van der Waals surface area contributed by atoms with Crippen LogP contribution in [0.3, 0.4) is 0 Å². The Kier molecular flexibility index (Phi) is 5.22. The van der Waals surface area contributed by atoms with Crippen LogP contribution in [0, 0.1) is 6.92 Å². The minimum Gasteiger partial charge on any atom is -0.396 e. The first kappa shape index (κ1) is 18.4. The van der Waals surface area contributed by atoms with Gasteiger partial charge in [0.15, 0.2) is 5.82 Å². The highest BCUT2D eigenvalue weighted by Gasteiger charge is 2.09. The minimum atomic E-state index is 0.241. The van der Waals surface area contributed by atoms with Crippen LogP contribution in [0.15, 0.2) is 54.7 Å². The number of pyridine rings is 2. The third-order valence-electron chi connectivity index (χ3n) is 5.22. The van der Waals surface area contributed by atoms with Gasteiger partial charge in [-0.3, -0.25) is 4.98 Å². The van der Waals surface area contributed by atoms with Crippen molar-refractivity contribution in [2.45, 2.75) is 32.6 Å². The van der Waals surface area contributed by atoms with Crippen molar-refractivity contribution in [3.63, 3.8) is 0 Å². The molecule has 0 aliphatic heterocycles. The van der Waals surface area contributed by atoms with Crippen LogP contribution in [-0.4, -0.2) is 21.7 Å². The zero-order valence-electron chi connectivity index (χ0n) is 16.2. The lowest BCUT2D eigenvalue weighted by Gasteiger charge is -2.09. The van der Waals surface area contributed by atoms with Gasteiger partial charge in [0.05, 0.1) is 5.52 Å². The summed E-state index contributed by atoms with van der Waals surface area (Å²) in [4.78, 5) is 9.12. The summed E-state index contributed by atoms with van der Waals surface area (Å²) in [7, 11) is 0. The van der Waals surface area contributed by atoms with Crippen molar-refractivity contribution in [1.29, 1.82) is 0 Å². The predicted molar refractivity (Wildman–Crippen MR) is 115 cm³/mol. The van der Waals surface area contributed by atoms with Gasteiger partial charge in [0.1, 0.15) is 5.52 Å². The third kappa shape index (κ3) is 3.82. The van der Waals surface area contributed by atoms with Crippen molar-refractivity contribution in [2.24, 2.45) is 0 Å². The second-order valence-electron chi connectivity index (χ2n) is 7.40. The lowest BCUT2D eigenvalue weighted by Crippen LogP contribution is -1.98. The van der Waals surface area contributed by atoms with Crippen LogP contribution in [0.1, 0.15) is 28.7 Å². The highest BCUT2D eigenvalue weighted by atomic mass is 16.2. The summed E-state index contributed by atoms with van der Waals surface area (Å²) in [6.07, 6.45) is 5.54. The zero-order chi connectivity index (χ0) is 19.5. The average molecular weight is 371 g/mol. The lowest BCUT2D eigenvalue weighted by atomic mass is 10.0. The van der Waals surface area contributed by atoms with Gasteiger partial charge in [0.2, 0.25) is 0 Å². The number of hydrogen-bond donors (Lipinski definition) is 2. The maximum Gasteiger partial charge on any atom is 0.150 e. The van der Waals surface area contributed by atoms with Gasteiger partial charge in [0, 0.05) is 23.6 Å². The van der Waals surface area contributed by atoms with Crippen LogP contribution in [0.5, 0.6) is 0 Å². The molecule has 4 nitrogen and oxygen atoms in total. The summed E-state index contributed by atoms with van der Waals surface area (Å²) in [6.45, 7) is 2.30. The first-order valence-electron chi connectivity index (χ1n) is 9.77. The summed E-state index contributed by atoms with van der Waals surface area (Å²) in [5.74, 6) is 0.484. The van der Waals surface area contributed by atoms with Gasteiger partial charge in [-0.2, -0.15) is 0 Å². The van der Waals surface area contributed by atoms with Gasteiger partial charge < -0.3 is 10.8 Å². The first-order chi connectivity index (χ1) is 13.6. The minimum absolute atomic E-state index is 0.241. The van der Waals surface area contributed by atoms with E-state index in [0.717, 1.165) is 47.5 Å². The number of rotatable bonds is 6. The van der Waals surface area contributed by atoms with E-state index in [2.05, 4.69) is 65.4 Å². The summed E-state index contributed by atoms with van der Waals surface area (Å²) in [5.41, 5.74) is 12.8. The van der Waals surface area contributed by atoms with E-state index < -0.39 is 0 Å². The van der Waals surface area contributed by atoms with E-state index in [1.807, 2.05) is 6.20 Å². The average Bonchev–Trinajstić information content (AvgIpc) is 2.71. The number of aryl methyl sites for hydroxylation is 4. The quantitative estimate of drug-likeness (QED) is 0.493. The monoisotopic (exact) mass is 371 g/mol. The highest BCUT2D eigenvalue weighted by Crippen LogP contribution is 2.28. The van der Waals surface area contributed by atoms with Crippen LogP contribution < -0.4 is 5.73 Å². The van der Waals surface area contributed by atoms with E-state index in [-0.39, 0.29) is 6.61 Å². The Balaban J connectivity index is 1.58. The third-order valence-corrected chi connectivity index (χ3v) is 5.22. The molecule has 0 aliphatic rings. The van der Waals surface area contributed by atoms with E-state index in [9.17, 15) is 0 Å². The molecule has 142 valence electrons. The van der Waals surface area contributed by atoms with Crippen molar-refractivity contribution in [1.82, 2.24) is 9.97 Å². The van der Waals surface area contributed by atoms with Crippen molar-refractivity contribution < 1.29 is 5.11 Å². The number of nitrogens with zero attached hydrogens (tertiary/aromatic N) is 2. The number of aromatic nitrogens is 2. The fraction of sp³-hybridized carbons (Fsp3) is 0.250. The summed E-state index contributed by atoms with van der Waals surface area (Å²) in [5, 5.41) is 11.1. The Hall–Kier alpha value is -2.98. The molecule has 0 unspecified atom stereocenters. The molecule has 3 N–H and O–H groups in total. The van der Waals surface area contributed by atoms with Crippen LogP contribution in [0.25, 0.3) is 21.8 Å². The summed E-state index contributed by atoms with van der Waals surface area (Å²) >= 11 is 0. The van der Waals surface area contributed by atoms with Gasteiger partial charge >= 0.3 is 0 Å². The normalized spacial score (nSPS) is 11.4. The van der Waals surface area contributed by atoms with E-state index in [1.54, 1.807) is 0 Å². The molecule has 0 spiro atoms. The molecule has 4 rings (SSSR count). The van der Waals surface area contributed by atoms with E-state index in [1.165, 1.54) is 22.3 Å². The maximum absolute atomic E-state index is 8.95. The Bertz CT molecular complexity index is 1120. The molecule has 0 saturated heterocycles. The molecule has 0 radical (unpaired) electrons. The summed E-state index contributed by atoms with van der Waals surface area (Å²) < 4.78 is 0. The van der Waals surface area contributed by atoms with Crippen molar-refractivity contribution in [3.8, 4) is 0 Å². The van der Waals surface area contributed by atoms with Gasteiger partial charge in [-0.05, 0) is 67.0 Å². The molecule has 0 fully saturated rings. The Morgan fingerprint density at radius 2 is 1.57 bits per heavy atom. The molecule has 2 heterocycles. The summed E-state index contributed by atoms with van der Waals surface area (Å²) in [6, 6.07) is 17.2. The fourth-order valence-corrected chi connectivity index (χ4v) is 3.64. The van der Waals surface area contributed by atoms with E-state index in [0.29, 0.717) is 5.82 Å². The predicted octanol–water partition coefficient (Wildman–Crippen LogP) is 4.38. The van der Waals surface area contributed by atoms with E-state index >= 15 is 0 Å². The number of nitrogen functional groups attached to an aromatic ring is 1. The smallest absolute Gasteiger partial charge is 0.150 e. The zero-order valence-corrected chi connectivity index (χ0v) is 16.2. The molecule has 0 bridgehead atoms. The van der Waals surface area contributed by atoms with E-state index in [4.69, 9.17) is 10.8 Å². The molecule has 0 amide bonds. The lowest BCUT2D eigenvalue weighted by molar-refractivity contribution is 0.288. The number of hydrogen-bond acceptors (Lipinski definition) is 4. The standard InChI is InChI=1S/C24H25N3O/c1-16-4-11-20-21-14-19(15-26-23(21)24(25)27-22(20)13-16)10-9-18-7-5-17(6-8-18)3-2-12-28/h4-8,11,13-15,28H,2-3,9-10,12H2,1H3,(H2,25,27). The molecule has 0 atom stereocenters. The maximum atomic E-state index is 8.95. The van der Waals surface area contributed by atoms with Gasteiger partial charge in [-0.15, -0.1) is 0 Å². The number of aliphatic hydroxyl groups is 1. The van der Waals surface area contributed by atoms with Crippen LogP contribution >= 0.6 is 0 Å². The second kappa shape index (κ2) is 7.95. The molecule has 4 heteroatoms. The first-order valence-corrected chi connectivity index (χ1v) is 9.77. The SMILES string of the molecule is Cc1ccc2c(c1)nc(N)c1ncc(CCc3ccc(CCCO)cc3)cc12. The second-order valence-corrected chi connectivity index (χ2v) is 7.40. The highest BCUT2D eigenvalue weighted by molar-refractivity contribution is 6.08. The van der Waals surface area contributed by atoms with Crippen LogP contribution in [0.2, 0.25) is 0 Å². The largest absolute Gasteiger partial charge is 0.396 e. The number of benzene rings is 2. The van der Waals surface area contributed by atoms with Gasteiger partial charge in [0.25, 0.3) is 0 Å². The molecule has 4 aromatic rings. The molecule has 0 saturated carbocycles. The van der Waals surface area contributed by atoms with Crippen molar-refractivity contribution in [2.75, 3.05) is 12.3 Å². The molecule has 0 aliphatic carbocycles. The molecule has 28 heavy (non-hydrogen) atoms. The molecule has 2 aromatic heterocycles. The number of anilines is 1. The molecular formula is C24H25N3O. The van der Waals surface area contributed by atoms with Crippen LogP contribution in [-0.2, 0) is 19.3 Å². The van der Waals surface area contributed by atoms with Crippen molar-refractivity contribution in [3.05, 3.63) is 77.0 Å². The number of aliphatic hydroxyl groups excluding tert-OH is 1. The van der Waals surface area contributed by atoms with Gasteiger partial charge in [-0.1, -0.05) is 36.4 Å². The fourth-order valence-electron chi connectivity index (χ4n) is 3.64. The van der Waals surface area contributed by atoms with Crippen molar-refractivity contribution >= 4 is 27.6 Å². The number of fused-ring (bicyclic) bond motifs is 3. The Morgan fingerprint density at radius 1 is 0.857 bits per heavy atom. The Morgan fingerprint density at radius 3 is 2.32 bits per heavy atom. The number of nitrogens with two attached hydrogens (primary N) is 1. The Labute approximate surface area is 165 Å². The topological polar surface area (TPSA) is 72.0 Å². The van der Waals surface area contributed by atoms with Gasteiger partial charge in [-0.25, -0.2) is 4.98 Å². The molecule has 2 aromatic carbocycles. The van der Waals surface area contributed by atoms with Crippen LogP contribution in [0.4, 0.5) is 5.82 Å².